The zero-order chi connectivity index (χ0) is 49.8. The van der Waals surface area contributed by atoms with Crippen LogP contribution in [0.4, 0.5) is 0 Å². The Labute approximate surface area is 446 Å². The third kappa shape index (κ3) is 6.89. The molecule has 7 heterocycles. The van der Waals surface area contributed by atoms with Crippen LogP contribution in [0, 0.1) is 0 Å². The predicted molar refractivity (Wildman–Crippen MR) is 313 cm³/mol. The number of para-hydroxylation sites is 2. The van der Waals surface area contributed by atoms with E-state index in [1.54, 1.807) is 0 Å². The van der Waals surface area contributed by atoms with Crippen LogP contribution in [0.25, 0.3) is 151 Å². The maximum atomic E-state index is 5.55. The van der Waals surface area contributed by atoms with Gasteiger partial charge in [0.15, 0.2) is 5.82 Å². The molecule has 0 spiro atoms. The molecule has 0 bridgehead atoms. The van der Waals surface area contributed by atoms with Crippen LogP contribution in [0.3, 0.4) is 0 Å². The molecule has 16 rings (SSSR count). The molecule has 8 nitrogen and oxygen atoms in total. The molecular formula is C66H38N8Se2. The van der Waals surface area contributed by atoms with E-state index in [4.69, 9.17) is 29.9 Å². The standard InChI is InChI=1S/C66H38N8Se2/c1-3-16-39(17-4-1)52-38-53(40-18-5-2-6-19-40)69-65(68-52)51-24-15-29-60(67-51)73-54-25-11-7-20-43(54)48-33-34-49-44-21-8-12-26-55(44)74(62(49)61(48)73)66-71-63(41-31-35-58-50(36-41)46-23-10-14-28-57(46)75-58)70-64(72-66)42-30-32-47-45-22-9-13-27-56(45)76-59(47)37-42/h1-38H. The van der Waals surface area contributed by atoms with Crippen molar-refractivity contribution >= 4 is 111 Å². The first kappa shape index (κ1) is 43.3. The average Bonchev–Trinajstić information content (AvgIpc) is 4.27. The van der Waals surface area contributed by atoms with E-state index in [2.05, 4.69) is 197 Å². The maximum absolute atomic E-state index is 5.55. The summed E-state index contributed by atoms with van der Waals surface area (Å²) in [6, 6.07) is 81.5. The Hall–Kier alpha value is -9.14. The van der Waals surface area contributed by atoms with Crippen molar-refractivity contribution in [2.24, 2.45) is 0 Å². The number of rotatable bonds is 7. The van der Waals surface area contributed by atoms with E-state index in [0.29, 0.717) is 29.1 Å². The van der Waals surface area contributed by atoms with Gasteiger partial charge in [0, 0.05) is 11.1 Å². The monoisotopic (exact) mass is 1100 g/mol. The summed E-state index contributed by atoms with van der Waals surface area (Å²) >= 11 is 0.392. The van der Waals surface area contributed by atoms with Crippen LogP contribution in [-0.2, 0) is 0 Å². The van der Waals surface area contributed by atoms with Gasteiger partial charge in [-0.05, 0) is 12.1 Å². The van der Waals surface area contributed by atoms with Gasteiger partial charge in [0.2, 0.25) is 0 Å². The van der Waals surface area contributed by atoms with Gasteiger partial charge in [-0.15, -0.1) is 0 Å². The van der Waals surface area contributed by atoms with Gasteiger partial charge >= 0.3 is 314 Å². The molecule has 0 atom stereocenters. The van der Waals surface area contributed by atoms with E-state index in [0.717, 1.165) is 83.1 Å². The zero-order valence-corrected chi connectivity index (χ0v) is 43.8. The van der Waals surface area contributed by atoms with Crippen LogP contribution < -0.4 is 0 Å². The van der Waals surface area contributed by atoms with Crippen molar-refractivity contribution in [3.8, 4) is 68.6 Å². The van der Waals surface area contributed by atoms with Crippen LogP contribution in [0.2, 0.25) is 0 Å². The first-order valence-electron chi connectivity index (χ1n) is 25.2. The van der Waals surface area contributed by atoms with Crippen LogP contribution in [0.1, 0.15) is 0 Å². The molecule has 0 aliphatic rings. The van der Waals surface area contributed by atoms with Crippen LogP contribution in [0.15, 0.2) is 231 Å². The summed E-state index contributed by atoms with van der Waals surface area (Å²) in [5.74, 6) is 3.06. The number of aromatic nitrogens is 8. The Kier molecular flexibility index (Phi) is 9.80. The summed E-state index contributed by atoms with van der Waals surface area (Å²) in [6.07, 6.45) is 0. The van der Waals surface area contributed by atoms with Gasteiger partial charge in [0.1, 0.15) is 5.69 Å². The summed E-state index contributed by atoms with van der Waals surface area (Å²) in [6.45, 7) is 0. The summed E-state index contributed by atoms with van der Waals surface area (Å²) in [4.78, 5) is 32.4. The fraction of sp³-hybridized carbons (Fsp3) is 0. The minimum atomic E-state index is 0.161. The molecule has 0 saturated heterocycles. The molecule has 16 aromatic rings. The summed E-state index contributed by atoms with van der Waals surface area (Å²) < 4.78 is 10.1. The fourth-order valence-electron chi connectivity index (χ4n) is 11.1. The minimum Gasteiger partial charge on any atom is -0.227 e. The topological polar surface area (TPSA) is 87.2 Å². The third-order valence-corrected chi connectivity index (χ3v) is 19.4. The van der Waals surface area contributed by atoms with E-state index in [1.165, 1.54) is 38.6 Å². The fourth-order valence-corrected chi connectivity index (χ4v) is 15.8. The van der Waals surface area contributed by atoms with E-state index < -0.39 is 0 Å². The summed E-state index contributed by atoms with van der Waals surface area (Å²) in [7, 11) is 0. The second kappa shape index (κ2) is 17.2. The summed E-state index contributed by atoms with van der Waals surface area (Å²) in [5, 5.41) is 9.50. The molecule has 0 aliphatic carbocycles. The molecule has 354 valence electrons. The molecule has 10 heteroatoms. The van der Waals surface area contributed by atoms with E-state index in [9.17, 15) is 0 Å². The average molecular weight is 1100 g/mol. The Morgan fingerprint density at radius 1 is 0.263 bits per heavy atom. The predicted octanol–water partition coefficient (Wildman–Crippen LogP) is 15.3. The first-order valence-corrected chi connectivity index (χ1v) is 28.6. The van der Waals surface area contributed by atoms with Gasteiger partial charge in [-0.2, -0.15) is 0 Å². The molecule has 0 aliphatic heterocycles. The normalized spacial score (nSPS) is 11.9. The number of fused-ring (bicyclic) bond motifs is 13. The van der Waals surface area contributed by atoms with Crippen LogP contribution >= 0.6 is 0 Å². The second-order valence-electron chi connectivity index (χ2n) is 19.0. The van der Waals surface area contributed by atoms with Gasteiger partial charge in [-0.1, -0.05) is 78.9 Å². The van der Waals surface area contributed by atoms with Crippen molar-refractivity contribution in [1.82, 2.24) is 39.0 Å². The Morgan fingerprint density at radius 3 is 1.43 bits per heavy atom. The SMILES string of the molecule is c1ccc(-c2cc(-c3ccccc3)nc(-c3cccc(-n4c5ccccc5c5ccc6c7ccccc7n(-c7nc(-c8ccc9c(c8)[se]c8ccccc89)nc(-c8ccc9[se]c%10ccccc%10c9c8)n7)c6c54)n3)n2)cc1. The minimum absolute atomic E-state index is 0.161. The number of nitrogens with zero attached hydrogens (tertiary/aromatic N) is 8. The third-order valence-electron chi connectivity index (χ3n) is 14.6. The van der Waals surface area contributed by atoms with Crippen molar-refractivity contribution < 1.29 is 0 Å². The number of hydrogen-bond acceptors (Lipinski definition) is 6. The Morgan fingerprint density at radius 2 is 0.763 bits per heavy atom. The van der Waals surface area contributed by atoms with Crippen molar-refractivity contribution in [2.45, 2.75) is 0 Å². The van der Waals surface area contributed by atoms with E-state index in [-0.39, 0.29) is 29.0 Å². The molecule has 0 radical (unpaired) electrons. The van der Waals surface area contributed by atoms with Crippen molar-refractivity contribution in [3.05, 3.63) is 231 Å². The molecule has 0 N–H and O–H groups in total. The van der Waals surface area contributed by atoms with Crippen molar-refractivity contribution in [2.75, 3.05) is 0 Å². The quantitative estimate of drug-likeness (QED) is 0.148. The van der Waals surface area contributed by atoms with Gasteiger partial charge in [0.25, 0.3) is 0 Å². The van der Waals surface area contributed by atoms with Crippen LogP contribution in [0.5, 0.6) is 0 Å². The van der Waals surface area contributed by atoms with Gasteiger partial charge in [0.05, 0.1) is 11.4 Å². The molecule has 0 fully saturated rings. The first-order chi connectivity index (χ1) is 37.6. The number of benzene rings is 9. The van der Waals surface area contributed by atoms with Gasteiger partial charge in [-0.3, -0.25) is 0 Å². The molecule has 9 aromatic carbocycles. The Bertz CT molecular complexity index is 4960. The van der Waals surface area contributed by atoms with E-state index >= 15 is 0 Å². The van der Waals surface area contributed by atoms with E-state index in [1.807, 2.05) is 42.5 Å². The number of pyridine rings is 1. The van der Waals surface area contributed by atoms with Crippen molar-refractivity contribution in [1.29, 1.82) is 0 Å². The summed E-state index contributed by atoms with van der Waals surface area (Å²) in [5.41, 5.74) is 10.2. The second-order valence-corrected chi connectivity index (χ2v) is 23.6. The van der Waals surface area contributed by atoms with Gasteiger partial charge in [-0.25, -0.2) is 9.97 Å². The molecule has 7 aromatic heterocycles. The molecule has 0 saturated carbocycles. The molecule has 76 heavy (non-hydrogen) atoms. The number of hydrogen-bond donors (Lipinski definition) is 0. The van der Waals surface area contributed by atoms with Crippen LogP contribution in [-0.4, -0.2) is 68.0 Å². The van der Waals surface area contributed by atoms with Gasteiger partial charge < -0.3 is 0 Å². The Balaban J connectivity index is 0.961. The zero-order valence-electron chi connectivity index (χ0n) is 40.3. The smallest absolute Gasteiger partial charge is 0.227 e. The van der Waals surface area contributed by atoms with Crippen molar-refractivity contribution in [3.63, 3.8) is 0 Å². The molecular weight excluding hydrogens is 1060 g/mol. The molecule has 0 unspecified atom stereocenters. The molecule has 0 amide bonds.